The van der Waals surface area contributed by atoms with E-state index in [0.717, 1.165) is 38.6 Å². The van der Waals surface area contributed by atoms with E-state index < -0.39 is 5.97 Å². The van der Waals surface area contributed by atoms with Crippen molar-refractivity contribution in [1.29, 1.82) is 0 Å². The average molecular weight is 275 g/mol. The molecular formula is C17H25NO2. The van der Waals surface area contributed by atoms with Crippen LogP contribution in [0.25, 0.3) is 0 Å². The third-order valence-corrected chi connectivity index (χ3v) is 4.40. The van der Waals surface area contributed by atoms with E-state index in [1.165, 1.54) is 5.56 Å². The second kappa shape index (κ2) is 7.44. The molecule has 1 aliphatic rings. The van der Waals surface area contributed by atoms with Crippen molar-refractivity contribution in [1.82, 2.24) is 5.32 Å². The second-order valence-corrected chi connectivity index (χ2v) is 5.95. The monoisotopic (exact) mass is 275 g/mol. The van der Waals surface area contributed by atoms with Gasteiger partial charge in [-0.3, -0.25) is 4.79 Å². The molecule has 3 unspecified atom stereocenters. The van der Waals surface area contributed by atoms with Crippen LogP contribution in [-0.2, 0) is 4.79 Å². The highest BCUT2D eigenvalue weighted by Gasteiger charge is 2.26. The zero-order chi connectivity index (χ0) is 14.4. The number of carbonyl (C=O) groups is 1. The Balaban J connectivity index is 1.71. The van der Waals surface area contributed by atoms with Gasteiger partial charge in [0.05, 0.1) is 5.92 Å². The van der Waals surface area contributed by atoms with Crippen molar-refractivity contribution in [2.45, 2.75) is 51.0 Å². The summed E-state index contributed by atoms with van der Waals surface area (Å²) >= 11 is 0. The minimum absolute atomic E-state index is 0.146. The molecule has 3 atom stereocenters. The van der Waals surface area contributed by atoms with Crippen molar-refractivity contribution in [3.8, 4) is 0 Å². The lowest BCUT2D eigenvalue weighted by atomic mass is 9.85. The van der Waals surface area contributed by atoms with Crippen molar-refractivity contribution in [3.05, 3.63) is 35.9 Å². The van der Waals surface area contributed by atoms with E-state index in [2.05, 4.69) is 36.5 Å². The molecule has 0 heterocycles. The lowest BCUT2D eigenvalue weighted by Gasteiger charge is -2.28. The van der Waals surface area contributed by atoms with Crippen molar-refractivity contribution in [3.63, 3.8) is 0 Å². The molecule has 0 amide bonds. The SMILES string of the molecule is CC(CCNC1CCCC(C(=O)O)C1)c1ccccc1. The summed E-state index contributed by atoms with van der Waals surface area (Å²) in [5.74, 6) is -0.232. The number of hydrogen-bond acceptors (Lipinski definition) is 2. The van der Waals surface area contributed by atoms with Gasteiger partial charge in [0.15, 0.2) is 0 Å². The lowest BCUT2D eigenvalue weighted by Crippen LogP contribution is -2.37. The second-order valence-electron chi connectivity index (χ2n) is 5.95. The Bertz CT molecular complexity index is 418. The van der Waals surface area contributed by atoms with E-state index in [1.54, 1.807) is 0 Å². The largest absolute Gasteiger partial charge is 0.481 e. The van der Waals surface area contributed by atoms with Gasteiger partial charge in [0, 0.05) is 6.04 Å². The first kappa shape index (κ1) is 15.0. The quantitative estimate of drug-likeness (QED) is 0.836. The molecule has 3 heteroatoms. The Hall–Kier alpha value is -1.35. The summed E-state index contributed by atoms with van der Waals surface area (Å²) < 4.78 is 0. The first-order chi connectivity index (χ1) is 9.66. The molecule has 1 fully saturated rings. The minimum atomic E-state index is -0.630. The number of benzene rings is 1. The maximum Gasteiger partial charge on any atom is 0.306 e. The Kier molecular flexibility index (Phi) is 5.60. The number of hydrogen-bond donors (Lipinski definition) is 2. The fourth-order valence-electron chi connectivity index (χ4n) is 3.05. The van der Waals surface area contributed by atoms with E-state index in [1.807, 2.05) is 6.07 Å². The Morgan fingerprint density at radius 1 is 1.35 bits per heavy atom. The van der Waals surface area contributed by atoms with Gasteiger partial charge < -0.3 is 10.4 Å². The van der Waals surface area contributed by atoms with Crippen LogP contribution in [-0.4, -0.2) is 23.7 Å². The zero-order valence-electron chi connectivity index (χ0n) is 12.2. The molecule has 1 aromatic rings. The van der Waals surface area contributed by atoms with Crippen LogP contribution in [0.5, 0.6) is 0 Å². The maximum absolute atomic E-state index is 11.0. The molecule has 0 aliphatic heterocycles. The van der Waals surface area contributed by atoms with Crippen LogP contribution in [0.15, 0.2) is 30.3 Å². The number of carboxylic acid groups (broad SMARTS) is 1. The topological polar surface area (TPSA) is 49.3 Å². The van der Waals surface area contributed by atoms with E-state index in [4.69, 9.17) is 5.11 Å². The highest BCUT2D eigenvalue weighted by molar-refractivity contribution is 5.70. The zero-order valence-corrected chi connectivity index (χ0v) is 12.2. The van der Waals surface area contributed by atoms with E-state index in [-0.39, 0.29) is 5.92 Å². The van der Waals surface area contributed by atoms with Crippen molar-refractivity contribution >= 4 is 5.97 Å². The molecule has 1 saturated carbocycles. The number of rotatable bonds is 6. The third kappa shape index (κ3) is 4.34. The molecule has 2 rings (SSSR count). The van der Waals surface area contributed by atoms with Crippen LogP contribution in [0.3, 0.4) is 0 Å². The van der Waals surface area contributed by atoms with Gasteiger partial charge in [-0.25, -0.2) is 0 Å². The third-order valence-electron chi connectivity index (χ3n) is 4.40. The summed E-state index contributed by atoms with van der Waals surface area (Å²) in [4.78, 5) is 11.0. The number of aliphatic carboxylic acids is 1. The molecule has 3 nitrogen and oxygen atoms in total. The van der Waals surface area contributed by atoms with Crippen molar-refractivity contribution < 1.29 is 9.90 Å². The molecule has 0 bridgehead atoms. The molecule has 2 N–H and O–H groups in total. The summed E-state index contributed by atoms with van der Waals surface area (Å²) in [5.41, 5.74) is 1.38. The van der Waals surface area contributed by atoms with E-state index in [0.29, 0.717) is 12.0 Å². The predicted molar refractivity (Wildman–Crippen MR) is 80.9 cm³/mol. The van der Waals surface area contributed by atoms with Gasteiger partial charge in [-0.05, 0) is 43.7 Å². The van der Waals surface area contributed by atoms with Gasteiger partial charge in [-0.2, -0.15) is 0 Å². The summed E-state index contributed by atoms with van der Waals surface area (Å²) in [7, 11) is 0. The summed E-state index contributed by atoms with van der Waals surface area (Å²) in [6.45, 7) is 3.21. The molecule has 1 aliphatic carbocycles. The summed E-state index contributed by atoms with van der Waals surface area (Å²) in [6, 6.07) is 10.9. The van der Waals surface area contributed by atoms with Crippen LogP contribution < -0.4 is 5.32 Å². The molecule has 20 heavy (non-hydrogen) atoms. The molecule has 0 spiro atoms. The molecule has 110 valence electrons. The molecule has 0 aromatic heterocycles. The summed E-state index contributed by atoms with van der Waals surface area (Å²) in [5, 5.41) is 12.6. The highest BCUT2D eigenvalue weighted by Crippen LogP contribution is 2.25. The Morgan fingerprint density at radius 3 is 2.80 bits per heavy atom. The Labute approximate surface area is 121 Å². The van der Waals surface area contributed by atoms with Crippen LogP contribution in [0.1, 0.15) is 50.5 Å². The number of nitrogens with one attached hydrogen (secondary N) is 1. The lowest BCUT2D eigenvalue weighted by molar-refractivity contribution is -0.143. The average Bonchev–Trinajstić information content (AvgIpc) is 2.48. The normalized spacial score (nSPS) is 24.2. The van der Waals surface area contributed by atoms with Gasteiger partial charge in [0.25, 0.3) is 0 Å². The van der Waals surface area contributed by atoms with Gasteiger partial charge in [-0.1, -0.05) is 43.7 Å². The van der Waals surface area contributed by atoms with Gasteiger partial charge in [0.1, 0.15) is 0 Å². The standard InChI is InChI=1S/C17H25NO2/c1-13(14-6-3-2-4-7-14)10-11-18-16-9-5-8-15(12-16)17(19)20/h2-4,6-7,13,15-16,18H,5,8-12H2,1H3,(H,19,20). The smallest absolute Gasteiger partial charge is 0.306 e. The summed E-state index contributed by atoms with van der Waals surface area (Å²) in [6.07, 6.45) is 4.87. The van der Waals surface area contributed by atoms with Crippen LogP contribution in [0, 0.1) is 5.92 Å². The highest BCUT2D eigenvalue weighted by atomic mass is 16.4. The molecular weight excluding hydrogens is 250 g/mol. The molecule has 0 saturated heterocycles. The number of carboxylic acids is 1. The van der Waals surface area contributed by atoms with Gasteiger partial charge in [-0.15, -0.1) is 0 Å². The molecule has 0 radical (unpaired) electrons. The van der Waals surface area contributed by atoms with Crippen LogP contribution in [0.2, 0.25) is 0 Å². The van der Waals surface area contributed by atoms with Crippen molar-refractivity contribution in [2.24, 2.45) is 5.92 Å². The van der Waals surface area contributed by atoms with Gasteiger partial charge >= 0.3 is 5.97 Å². The fraction of sp³-hybridized carbons (Fsp3) is 0.588. The molecule has 1 aromatic carbocycles. The first-order valence-corrected chi connectivity index (χ1v) is 7.68. The fourth-order valence-corrected chi connectivity index (χ4v) is 3.05. The van der Waals surface area contributed by atoms with E-state index in [9.17, 15) is 4.79 Å². The first-order valence-electron chi connectivity index (χ1n) is 7.68. The van der Waals surface area contributed by atoms with Crippen molar-refractivity contribution in [2.75, 3.05) is 6.54 Å². The predicted octanol–water partition coefficient (Wildman–Crippen LogP) is 3.41. The van der Waals surface area contributed by atoms with Gasteiger partial charge in [0.2, 0.25) is 0 Å². The van der Waals surface area contributed by atoms with Crippen LogP contribution in [0.4, 0.5) is 0 Å². The minimum Gasteiger partial charge on any atom is -0.481 e. The van der Waals surface area contributed by atoms with E-state index >= 15 is 0 Å². The maximum atomic E-state index is 11.0. The Morgan fingerprint density at radius 2 is 2.10 bits per heavy atom. The van der Waals surface area contributed by atoms with Crippen LogP contribution >= 0.6 is 0 Å².